The van der Waals surface area contributed by atoms with E-state index in [1.807, 2.05) is 39.0 Å². The van der Waals surface area contributed by atoms with Crippen molar-refractivity contribution in [1.82, 2.24) is 14.8 Å². The number of hydrogen-bond acceptors (Lipinski definition) is 5. The van der Waals surface area contributed by atoms with Crippen molar-refractivity contribution in [3.05, 3.63) is 82.2 Å². The molecule has 0 saturated heterocycles. The molecule has 12 heteroatoms. The summed E-state index contributed by atoms with van der Waals surface area (Å²) in [4.78, 5) is 17.1. The fraction of sp³-hybridized carbons (Fsp3) is 0.344. The highest BCUT2D eigenvalue weighted by Gasteiger charge is 2.34. The van der Waals surface area contributed by atoms with Gasteiger partial charge in [-0.2, -0.15) is 18.3 Å². The molecule has 5 rings (SSSR count). The van der Waals surface area contributed by atoms with Crippen LogP contribution in [0.2, 0.25) is 0 Å². The Morgan fingerprint density at radius 1 is 1.09 bits per heavy atom. The van der Waals surface area contributed by atoms with Gasteiger partial charge in [0.2, 0.25) is 5.91 Å². The molecule has 0 radical (unpaired) electrons. The van der Waals surface area contributed by atoms with Crippen molar-refractivity contribution >= 4 is 17.4 Å². The molecular weight excluding hydrogens is 581 g/mol. The van der Waals surface area contributed by atoms with Gasteiger partial charge in [0.15, 0.2) is 11.6 Å². The zero-order chi connectivity index (χ0) is 31.9. The van der Waals surface area contributed by atoms with Gasteiger partial charge in [0, 0.05) is 43.8 Å². The molecule has 0 fully saturated rings. The lowest BCUT2D eigenvalue weighted by atomic mass is 9.96. The first-order chi connectivity index (χ1) is 20.7. The van der Waals surface area contributed by atoms with E-state index in [4.69, 9.17) is 9.84 Å². The number of aromatic nitrogens is 3. The number of alkyl halides is 3. The predicted octanol–water partition coefficient (Wildman–Crippen LogP) is 7.40. The highest BCUT2D eigenvalue weighted by molar-refractivity contribution is 5.89. The second-order valence-electron chi connectivity index (χ2n) is 11.3. The minimum Gasteiger partial charge on any atom is -0.491 e. The molecule has 1 N–H and O–H groups in total. The van der Waals surface area contributed by atoms with Gasteiger partial charge in [-0.15, -0.1) is 0 Å². The van der Waals surface area contributed by atoms with Gasteiger partial charge in [-0.3, -0.25) is 4.79 Å². The number of anilines is 2. The maximum absolute atomic E-state index is 15.4. The fourth-order valence-electron chi connectivity index (χ4n) is 5.31. The van der Waals surface area contributed by atoms with Crippen molar-refractivity contribution in [2.75, 3.05) is 23.4 Å². The van der Waals surface area contributed by atoms with E-state index >= 15 is 8.78 Å². The fourth-order valence-corrected chi connectivity index (χ4v) is 5.31. The number of para-hydroxylation sites is 1. The van der Waals surface area contributed by atoms with Crippen LogP contribution in [0, 0.1) is 31.4 Å². The minimum atomic E-state index is -4.73. The van der Waals surface area contributed by atoms with Gasteiger partial charge in [-0.1, -0.05) is 26.0 Å². The number of carbonyl (C=O) groups excluding carboxylic acids is 1. The molecule has 232 valence electrons. The summed E-state index contributed by atoms with van der Waals surface area (Å²) in [5.41, 5.74) is 3.28. The number of aryl methyl sites for hydroxylation is 2. The molecule has 2 aromatic heterocycles. The third kappa shape index (κ3) is 6.11. The average molecular weight is 614 g/mol. The summed E-state index contributed by atoms with van der Waals surface area (Å²) in [5.74, 6) is -1.59. The van der Waals surface area contributed by atoms with Crippen molar-refractivity contribution in [1.29, 1.82) is 0 Å². The quantitative estimate of drug-likeness (QED) is 0.220. The molecule has 1 aliphatic heterocycles. The normalized spacial score (nSPS) is 13.3. The highest BCUT2D eigenvalue weighted by Crippen LogP contribution is 2.40. The standard InChI is InChI=1S/C32H32F5N5O2/c1-17(2)16-44-28-8-6-7-18(3)29(28)42-30(22-13-24(33)27(11-19(22)4)39-20(5)43)23-15-41(10-9-26(23)40-42)31-25(34)12-21(14-38-31)32(35,36)37/h6-8,11-14,17H,9-10,15-16H2,1-5H3,(H,39,43). The molecule has 4 aromatic rings. The molecule has 1 amide bonds. The average Bonchev–Trinajstić information content (AvgIpc) is 3.30. The summed E-state index contributed by atoms with van der Waals surface area (Å²) in [5, 5.41) is 7.44. The molecule has 0 saturated carbocycles. The summed E-state index contributed by atoms with van der Waals surface area (Å²) < 4.78 is 77.9. The van der Waals surface area contributed by atoms with Crippen LogP contribution in [-0.2, 0) is 23.9 Å². The van der Waals surface area contributed by atoms with Crippen molar-refractivity contribution in [2.45, 2.75) is 53.8 Å². The summed E-state index contributed by atoms with van der Waals surface area (Å²) in [6, 6.07) is 8.89. The van der Waals surface area contributed by atoms with E-state index in [1.54, 1.807) is 16.5 Å². The number of benzene rings is 2. The Bertz CT molecular complexity index is 1730. The van der Waals surface area contributed by atoms with E-state index in [0.717, 1.165) is 5.56 Å². The molecule has 0 bridgehead atoms. The Morgan fingerprint density at radius 3 is 2.50 bits per heavy atom. The van der Waals surface area contributed by atoms with Crippen LogP contribution in [0.3, 0.4) is 0 Å². The molecule has 2 aromatic carbocycles. The second kappa shape index (κ2) is 11.9. The largest absolute Gasteiger partial charge is 0.491 e. The highest BCUT2D eigenvalue weighted by atomic mass is 19.4. The minimum absolute atomic E-state index is 0.0215. The van der Waals surface area contributed by atoms with Crippen LogP contribution < -0.4 is 15.0 Å². The van der Waals surface area contributed by atoms with Crippen LogP contribution in [-0.4, -0.2) is 33.8 Å². The first kappa shape index (κ1) is 31.0. The monoisotopic (exact) mass is 613 g/mol. The Morgan fingerprint density at radius 2 is 1.84 bits per heavy atom. The van der Waals surface area contributed by atoms with Crippen LogP contribution in [0.1, 0.15) is 48.7 Å². The summed E-state index contributed by atoms with van der Waals surface area (Å²) in [6.07, 6.45) is -3.79. The number of pyridine rings is 1. The number of ether oxygens (including phenoxy) is 1. The third-order valence-electron chi connectivity index (χ3n) is 7.35. The van der Waals surface area contributed by atoms with Crippen LogP contribution in [0.4, 0.5) is 33.5 Å². The third-order valence-corrected chi connectivity index (χ3v) is 7.35. The number of rotatable bonds is 7. The lowest BCUT2D eigenvalue weighted by molar-refractivity contribution is -0.138. The van der Waals surface area contributed by atoms with Crippen LogP contribution in [0.25, 0.3) is 16.9 Å². The van der Waals surface area contributed by atoms with Gasteiger partial charge in [0.05, 0.1) is 29.2 Å². The Balaban J connectivity index is 1.69. The zero-order valence-corrected chi connectivity index (χ0v) is 24.9. The number of carbonyl (C=O) groups is 1. The van der Waals surface area contributed by atoms with Gasteiger partial charge in [0.1, 0.15) is 17.3 Å². The Kier molecular flexibility index (Phi) is 8.37. The molecule has 1 aliphatic rings. The lowest BCUT2D eigenvalue weighted by Gasteiger charge is -2.28. The number of nitrogens with zero attached hydrogens (tertiary/aromatic N) is 4. The van der Waals surface area contributed by atoms with Gasteiger partial charge in [-0.05, 0) is 55.2 Å². The smallest absolute Gasteiger partial charge is 0.417 e. The molecule has 0 unspecified atom stereocenters. The molecule has 0 aliphatic carbocycles. The van der Waals surface area contributed by atoms with Crippen LogP contribution in [0.15, 0.2) is 42.6 Å². The summed E-state index contributed by atoms with van der Waals surface area (Å²) in [6.45, 7) is 9.77. The first-order valence-corrected chi connectivity index (χ1v) is 14.1. The van der Waals surface area contributed by atoms with E-state index < -0.39 is 29.3 Å². The summed E-state index contributed by atoms with van der Waals surface area (Å²) in [7, 11) is 0. The van der Waals surface area contributed by atoms with Crippen molar-refractivity contribution < 1.29 is 31.5 Å². The first-order valence-electron chi connectivity index (χ1n) is 14.1. The molecule has 3 heterocycles. The summed E-state index contributed by atoms with van der Waals surface area (Å²) >= 11 is 0. The van der Waals surface area contributed by atoms with Gasteiger partial charge in [-0.25, -0.2) is 18.4 Å². The maximum Gasteiger partial charge on any atom is 0.417 e. The van der Waals surface area contributed by atoms with E-state index in [1.165, 1.54) is 19.1 Å². The second-order valence-corrected chi connectivity index (χ2v) is 11.3. The molecule has 44 heavy (non-hydrogen) atoms. The van der Waals surface area contributed by atoms with E-state index in [2.05, 4.69) is 10.3 Å². The number of fused-ring (bicyclic) bond motifs is 1. The van der Waals surface area contributed by atoms with Crippen molar-refractivity contribution in [3.63, 3.8) is 0 Å². The Labute approximate surface area is 251 Å². The van der Waals surface area contributed by atoms with Gasteiger partial charge in [0.25, 0.3) is 0 Å². The molecule has 7 nitrogen and oxygen atoms in total. The van der Waals surface area contributed by atoms with E-state index in [-0.39, 0.29) is 30.5 Å². The number of halogens is 5. The Hall–Kier alpha value is -4.48. The topological polar surface area (TPSA) is 72.3 Å². The van der Waals surface area contributed by atoms with Crippen molar-refractivity contribution in [2.24, 2.45) is 5.92 Å². The molecular formula is C32H32F5N5O2. The lowest BCUT2D eigenvalue weighted by Crippen LogP contribution is -2.32. The predicted molar refractivity (Wildman–Crippen MR) is 157 cm³/mol. The number of amides is 1. The van der Waals surface area contributed by atoms with E-state index in [9.17, 15) is 18.0 Å². The molecule has 0 atom stereocenters. The molecule has 0 spiro atoms. The zero-order valence-electron chi connectivity index (χ0n) is 24.9. The van der Waals surface area contributed by atoms with Crippen molar-refractivity contribution in [3.8, 4) is 22.7 Å². The van der Waals surface area contributed by atoms with Crippen LogP contribution in [0.5, 0.6) is 5.75 Å². The number of hydrogen-bond donors (Lipinski definition) is 1. The van der Waals surface area contributed by atoms with Gasteiger partial charge < -0.3 is 15.0 Å². The van der Waals surface area contributed by atoms with Crippen LogP contribution >= 0.6 is 0 Å². The SMILES string of the molecule is CC(=O)Nc1cc(C)c(-c2c3c(nn2-c2c(C)cccc2OCC(C)C)CCN(c2ncc(C(F)(F)F)cc2F)C3)cc1F. The number of nitrogens with one attached hydrogen (secondary N) is 1. The van der Waals surface area contributed by atoms with E-state index in [0.29, 0.717) is 64.8 Å². The van der Waals surface area contributed by atoms with Gasteiger partial charge >= 0.3 is 6.18 Å². The maximum atomic E-state index is 15.4.